The zero-order valence-corrected chi connectivity index (χ0v) is 10.6. The topological polar surface area (TPSA) is 30.7 Å². The third-order valence-electron chi connectivity index (χ3n) is 2.88. The molecule has 3 nitrogen and oxygen atoms in total. The summed E-state index contributed by atoms with van der Waals surface area (Å²) in [6.45, 7) is 0. The van der Waals surface area contributed by atoms with E-state index in [9.17, 15) is 4.39 Å². The van der Waals surface area contributed by atoms with E-state index < -0.39 is 0 Å². The molecule has 0 fully saturated rings. The van der Waals surface area contributed by atoms with Crippen molar-refractivity contribution in [3.63, 3.8) is 0 Å². The van der Waals surface area contributed by atoms with E-state index in [1.165, 1.54) is 6.07 Å². The molecule has 0 N–H and O–H groups in total. The van der Waals surface area contributed by atoms with Gasteiger partial charge >= 0.3 is 0 Å². The van der Waals surface area contributed by atoms with E-state index >= 15 is 0 Å². The summed E-state index contributed by atoms with van der Waals surface area (Å²) in [5, 5.41) is 4.32. The average molecular weight is 329 g/mol. The predicted octanol–water partition coefficient (Wildman–Crippen LogP) is 2.56. The van der Waals surface area contributed by atoms with Gasteiger partial charge < -0.3 is 0 Å². The van der Waals surface area contributed by atoms with Gasteiger partial charge in [0.15, 0.2) is 0 Å². The quantitative estimate of drug-likeness (QED) is 0.753. The second-order valence-corrected chi connectivity index (χ2v) is 4.78. The van der Waals surface area contributed by atoms with Gasteiger partial charge in [0.25, 0.3) is 0 Å². The maximum atomic E-state index is 13.7. The number of nitrogens with zero attached hydrogens (tertiary/aromatic N) is 3. The first-order valence-electron chi connectivity index (χ1n) is 5.11. The van der Waals surface area contributed by atoms with E-state index in [1.807, 2.05) is 16.8 Å². The van der Waals surface area contributed by atoms with Crippen LogP contribution in [0.2, 0.25) is 0 Å². The van der Waals surface area contributed by atoms with E-state index in [0.29, 0.717) is 5.56 Å². The van der Waals surface area contributed by atoms with Gasteiger partial charge in [-0.15, -0.1) is 5.10 Å². The Balaban J connectivity index is 2.07. The average Bonchev–Trinajstić information content (AvgIpc) is 2.78. The van der Waals surface area contributed by atoms with Crippen molar-refractivity contribution in [2.75, 3.05) is 0 Å². The minimum Gasteiger partial charge on any atom is -0.241 e. The molecule has 0 aliphatic carbocycles. The highest BCUT2D eigenvalue weighted by Gasteiger charge is 2.28. The molecule has 0 saturated carbocycles. The lowest BCUT2D eigenvalue weighted by Gasteiger charge is -2.12. The molecule has 2 aromatic rings. The molecule has 1 aromatic carbocycles. The van der Waals surface area contributed by atoms with Crippen molar-refractivity contribution in [2.24, 2.45) is 0 Å². The second kappa shape index (κ2) is 3.80. The lowest BCUT2D eigenvalue weighted by molar-refractivity contribution is 0.511. The summed E-state index contributed by atoms with van der Waals surface area (Å²) < 4.78 is 16.3. The van der Waals surface area contributed by atoms with Gasteiger partial charge in [-0.05, 0) is 12.5 Å². The summed E-state index contributed by atoms with van der Waals surface area (Å²) in [7, 11) is 0. The first kappa shape index (κ1) is 10.2. The van der Waals surface area contributed by atoms with Gasteiger partial charge in [-0.3, -0.25) is 0 Å². The van der Waals surface area contributed by atoms with E-state index in [0.717, 1.165) is 22.5 Å². The van der Waals surface area contributed by atoms with E-state index in [-0.39, 0.29) is 11.9 Å². The molecule has 0 saturated heterocycles. The third-order valence-corrected chi connectivity index (χ3v) is 3.33. The first-order valence-corrected chi connectivity index (χ1v) is 6.19. The second-order valence-electron chi connectivity index (χ2n) is 3.82. The van der Waals surface area contributed by atoms with Crippen molar-refractivity contribution in [3.8, 4) is 0 Å². The summed E-state index contributed by atoms with van der Waals surface area (Å²) in [6, 6.07) is 6.89. The fourth-order valence-electron chi connectivity index (χ4n) is 2.17. The Kier molecular flexibility index (Phi) is 2.42. The van der Waals surface area contributed by atoms with Crippen LogP contribution in [0.4, 0.5) is 4.39 Å². The van der Waals surface area contributed by atoms with Crippen LogP contribution in [0.1, 0.15) is 23.9 Å². The molecule has 0 amide bonds. The summed E-state index contributed by atoms with van der Waals surface area (Å²) in [6.07, 6.45) is 1.75. The zero-order chi connectivity index (χ0) is 11.1. The third kappa shape index (κ3) is 1.53. The monoisotopic (exact) mass is 329 g/mol. The molecule has 3 rings (SSSR count). The summed E-state index contributed by atoms with van der Waals surface area (Å²) in [5.41, 5.74) is 0.711. The number of aromatic nitrogens is 3. The summed E-state index contributed by atoms with van der Waals surface area (Å²) in [4.78, 5) is 4.31. The van der Waals surface area contributed by atoms with Gasteiger partial charge in [-0.25, -0.2) is 14.1 Å². The highest BCUT2D eigenvalue weighted by atomic mass is 127. The van der Waals surface area contributed by atoms with Gasteiger partial charge in [0.05, 0.1) is 6.04 Å². The smallest absolute Gasteiger partial charge is 0.211 e. The lowest BCUT2D eigenvalue weighted by Crippen LogP contribution is -2.09. The molecular formula is C11H9FIN3. The number of hydrogen-bond acceptors (Lipinski definition) is 2. The van der Waals surface area contributed by atoms with Gasteiger partial charge in [0, 0.05) is 34.6 Å². The maximum absolute atomic E-state index is 13.7. The van der Waals surface area contributed by atoms with Crippen molar-refractivity contribution in [1.29, 1.82) is 0 Å². The standard InChI is InChI=1S/C11H9FIN3/c12-8-4-2-1-3-7(8)9-5-6-10-14-11(13)15-16(9)10/h1-4,9H,5-6H2/t9-/m0/s1. The number of aryl methyl sites for hydroxylation is 1. The molecule has 1 aliphatic heterocycles. The van der Waals surface area contributed by atoms with Crippen molar-refractivity contribution in [3.05, 3.63) is 45.3 Å². The Hall–Kier alpha value is -0.980. The van der Waals surface area contributed by atoms with Crippen LogP contribution in [0.15, 0.2) is 24.3 Å². The lowest BCUT2D eigenvalue weighted by atomic mass is 10.0. The van der Waals surface area contributed by atoms with Crippen molar-refractivity contribution < 1.29 is 4.39 Å². The van der Waals surface area contributed by atoms with Crippen LogP contribution in [0.25, 0.3) is 0 Å². The van der Waals surface area contributed by atoms with Crippen LogP contribution in [0.5, 0.6) is 0 Å². The van der Waals surface area contributed by atoms with Crippen LogP contribution in [-0.2, 0) is 6.42 Å². The highest BCUT2D eigenvalue weighted by molar-refractivity contribution is 14.1. The van der Waals surface area contributed by atoms with Gasteiger partial charge in [0.1, 0.15) is 11.6 Å². The van der Waals surface area contributed by atoms with E-state index in [4.69, 9.17) is 0 Å². The van der Waals surface area contributed by atoms with Crippen LogP contribution in [0, 0.1) is 9.65 Å². The normalized spacial score (nSPS) is 18.8. The molecule has 0 spiro atoms. The van der Waals surface area contributed by atoms with Crippen LogP contribution >= 0.6 is 22.6 Å². The number of fused-ring (bicyclic) bond motifs is 1. The molecule has 1 aromatic heterocycles. The predicted molar refractivity (Wildman–Crippen MR) is 65.6 cm³/mol. The molecule has 82 valence electrons. The van der Waals surface area contributed by atoms with Gasteiger partial charge in [-0.1, -0.05) is 18.2 Å². The Morgan fingerprint density at radius 3 is 3.00 bits per heavy atom. The van der Waals surface area contributed by atoms with Crippen LogP contribution in [0.3, 0.4) is 0 Å². The summed E-state index contributed by atoms with van der Waals surface area (Å²) in [5.74, 6) is 0.795. The Bertz CT molecular complexity index is 538. The van der Waals surface area contributed by atoms with Crippen molar-refractivity contribution >= 4 is 22.6 Å². The zero-order valence-electron chi connectivity index (χ0n) is 8.40. The molecule has 0 unspecified atom stereocenters. The van der Waals surface area contributed by atoms with Crippen molar-refractivity contribution in [1.82, 2.24) is 14.8 Å². The molecule has 0 bridgehead atoms. The fraction of sp³-hybridized carbons (Fsp3) is 0.273. The largest absolute Gasteiger partial charge is 0.241 e. The van der Waals surface area contributed by atoms with Crippen molar-refractivity contribution in [2.45, 2.75) is 18.9 Å². The molecule has 2 heterocycles. The van der Waals surface area contributed by atoms with E-state index in [2.05, 4.69) is 32.7 Å². The van der Waals surface area contributed by atoms with Gasteiger partial charge in [0.2, 0.25) is 3.83 Å². The first-order chi connectivity index (χ1) is 7.75. The minimum atomic E-state index is -0.161. The SMILES string of the molecule is Fc1ccccc1[C@@H]1CCc2nc(I)nn21. The molecule has 16 heavy (non-hydrogen) atoms. The number of hydrogen-bond donors (Lipinski definition) is 0. The molecule has 1 aliphatic rings. The van der Waals surface area contributed by atoms with E-state index in [1.54, 1.807) is 6.07 Å². The summed E-state index contributed by atoms with van der Waals surface area (Å²) >= 11 is 2.08. The van der Waals surface area contributed by atoms with Crippen LogP contribution in [-0.4, -0.2) is 14.8 Å². The Labute approximate surface area is 106 Å². The number of rotatable bonds is 1. The Morgan fingerprint density at radius 2 is 2.19 bits per heavy atom. The minimum absolute atomic E-state index is 0.00668. The number of benzene rings is 1. The fourth-order valence-corrected chi connectivity index (χ4v) is 2.68. The highest BCUT2D eigenvalue weighted by Crippen LogP contribution is 2.31. The Morgan fingerprint density at radius 1 is 1.38 bits per heavy atom. The molecule has 5 heteroatoms. The van der Waals surface area contributed by atoms with Gasteiger partial charge in [-0.2, -0.15) is 0 Å². The maximum Gasteiger partial charge on any atom is 0.211 e. The molecular weight excluding hydrogens is 320 g/mol. The number of halogens is 2. The molecule has 0 radical (unpaired) electrons. The van der Waals surface area contributed by atoms with Crippen LogP contribution < -0.4 is 0 Å². The molecule has 1 atom stereocenters.